The van der Waals surface area contributed by atoms with Crippen LogP contribution in [0, 0.1) is 10.1 Å². The molecule has 0 unspecified atom stereocenters. The number of nitrogens with zero attached hydrogens (tertiary/aromatic N) is 1. The van der Waals surface area contributed by atoms with Crippen molar-refractivity contribution in [2.75, 3.05) is 27.9 Å². The Kier molecular flexibility index (Phi) is 7.65. The fourth-order valence-electron chi connectivity index (χ4n) is 2.81. The van der Waals surface area contributed by atoms with E-state index in [1.165, 1.54) is 45.6 Å². The van der Waals surface area contributed by atoms with Crippen LogP contribution in [0.4, 0.5) is 5.69 Å². The number of carboxylic acids is 1. The predicted molar refractivity (Wildman–Crippen MR) is 114 cm³/mol. The number of aliphatic carboxylic acids is 1. The van der Waals surface area contributed by atoms with Crippen molar-refractivity contribution in [1.29, 1.82) is 0 Å². The molecule has 10 heteroatoms. The van der Waals surface area contributed by atoms with Crippen LogP contribution in [0.2, 0.25) is 0 Å². The lowest BCUT2D eigenvalue weighted by Crippen LogP contribution is -2.04. The van der Waals surface area contributed by atoms with Crippen molar-refractivity contribution in [2.45, 2.75) is 6.92 Å². The number of nitro groups is 1. The van der Waals surface area contributed by atoms with Crippen LogP contribution in [0.25, 0.3) is 11.6 Å². The Balaban J connectivity index is 2.75. The molecule has 9 nitrogen and oxygen atoms in total. The number of rotatable bonds is 9. The van der Waals surface area contributed by atoms with E-state index < -0.39 is 16.6 Å². The van der Waals surface area contributed by atoms with Crippen LogP contribution < -0.4 is 18.9 Å². The molecule has 2 rings (SSSR count). The van der Waals surface area contributed by atoms with E-state index in [-0.39, 0.29) is 28.2 Å². The van der Waals surface area contributed by atoms with E-state index in [1.54, 1.807) is 13.0 Å². The summed E-state index contributed by atoms with van der Waals surface area (Å²) in [7, 11) is 4.05. The molecule has 0 saturated carbocycles. The molecular weight excluding hydrogens is 462 g/mol. The van der Waals surface area contributed by atoms with E-state index in [1.807, 2.05) is 0 Å². The Bertz CT molecular complexity index is 1000. The number of methoxy groups -OCH3 is 3. The number of carbonyl (C=O) groups is 1. The molecule has 2 aromatic carbocycles. The van der Waals surface area contributed by atoms with Crippen molar-refractivity contribution in [2.24, 2.45) is 0 Å². The Morgan fingerprint density at radius 3 is 2.30 bits per heavy atom. The minimum absolute atomic E-state index is 0.0408. The third-order valence-corrected chi connectivity index (χ3v) is 4.68. The van der Waals surface area contributed by atoms with Gasteiger partial charge in [0.05, 0.1) is 48.5 Å². The summed E-state index contributed by atoms with van der Waals surface area (Å²) in [5.74, 6) is -0.492. The number of ether oxygens (including phenoxy) is 4. The molecule has 0 aliphatic rings. The summed E-state index contributed by atoms with van der Waals surface area (Å²) in [6.07, 6.45) is 1.20. The predicted octanol–water partition coefficient (Wildman–Crippen LogP) is 4.41. The molecule has 0 aliphatic carbocycles. The molecule has 0 amide bonds. The second kappa shape index (κ2) is 9.97. The molecule has 0 fully saturated rings. The number of hydrogen-bond donors (Lipinski definition) is 1. The van der Waals surface area contributed by atoms with E-state index in [4.69, 9.17) is 18.9 Å². The first-order valence-corrected chi connectivity index (χ1v) is 9.43. The number of hydrogen-bond acceptors (Lipinski definition) is 7. The van der Waals surface area contributed by atoms with Gasteiger partial charge in [0.2, 0.25) is 5.75 Å². The van der Waals surface area contributed by atoms with Gasteiger partial charge in [-0.3, -0.25) is 10.1 Å². The maximum atomic E-state index is 12.0. The molecule has 0 bridgehead atoms. The number of nitro benzene ring substituents is 1. The zero-order chi connectivity index (χ0) is 22.4. The second-order valence-corrected chi connectivity index (χ2v) is 6.64. The smallest absolute Gasteiger partial charge is 0.336 e. The van der Waals surface area contributed by atoms with E-state index >= 15 is 0 Å². The molecule has 0 aliphatic heterocycles. The van der Waals surface area contributed by atoms with Crippen LogP contribution in [0.1, 0.15) is 18.1 Å². The van der Waals surface area contributed by atoms with Crippen molar-refractivity contribution < 1.29 is 33.8 Å². The summed E-state index contributed by atoms with van der Waals surface area (Å²) >= 11 is 3.35. The molecule has 0 saturated heterocycles. The molecule has 160 valence electrons. The lowest BCUT2D eigenvalue weighted by Gasteiger charge is -2.14. The first kappa shape index (κ1) is 23.0. The van der Waals surface area contributed by atoms with Crippen LogP contribution >= 0.6 is 15.9 Å². The normalized spacial score (nSPS) is 11.0. The molecule has 0 radical (unpaired) electrons. The van der Waals surface area contributed by atoms with Gasteiger partial charge in [0.1, 0.15) is 0 Å². The Morgan fingerprint density at radius 1 is 1.13 bits per heavy atom. The summed E-state index contributed by atoms with van der Waals surface area (Å²) < 4.78 is 21.5. The minimum Gasteiger partial charge on any atom is -0.493 e. The average molecular weight is 482 g/mol. The van der Waals surface area contributed by atoms with Crippen molar-refractivity contribution in [3.63, 3.8) is 0 Å². The highest BCUT2D eigenvalue weighted by Crippen LogP contribution is 2.42. The van der Waals surface area contributed by atoms with Crippen molar-refractivity contribution >= 4 is 39.2 Å². The quantitative estimate of drug-likeness (QED) is 0.242. The molecule has 1 N–H and O–H groups in total. The third kappa shape index (κ3) is 4.65. The second-order valence-electron chi connectivity index (χ2n) is 5.78. The summed E-state index contributed by atoms with van der Waals surface area (Å²) in [5, 5.41) is 21.5. The SMILES string of the molecule is CCOc1c(Br)cc(/C(=C\c2ccc(OC)c(OC)c2[N+](=O)[O-])C(=O)O)cc1OC. The van der Waals surface area contributed by atoms with Gasteiger partial charge >= 0.3 is 11.7 Å². The zero-order valence-electron chi connectivity index (χ0n) is 16.7. The van der Waals surface area contributed by atoms with Crippen molar-refractivity contribution in [3.8, 4) is 23.0 Å². The molecule has 0 aromatic heterocycles. The largest absolute Gasteiger partial charge is 0.493 e. The number of benzene rings is 2. The maximum absolute atomic E-state index is 12.0. The summed E-state index contributed by atoms with van der Waals surface area (Å²) in [6.45, 7) is 2.19. The molecule has 0 spiro atoms. The van der Waals surface area contributed by atoms with Crippen LogP contribution in [0.5, 0.6) is 23.0 Å². The average Bonchev–Trinajstić information content (AvgIpc) is 2.72. The number of halogens is 1. The van der Waals surface area contributed by atoms with Crippen LogP contribution in [0.3, 0.4) is 0 Å². The van der Waals surface area contributed by atoms with Crippen molar-refractivity contribution in [1.82, 2.24) is 0 Å². The Hall–Kier alpha value is -3.27. The van der Waals surface area contributed by atoms with Gasteiger partial charge in [-0.25, -0.2) is 4.79 Å². The van der Waals surface area contributed by atoms with Crippen LogP contribution in [0.15, 0.2) is 28.7 Å². The lowest BCUT2D eigenvalue weighted by molar-refractivity contribution is -0.386. The van der Waals surface area contributed by atoms with Gasteiger partial charge in [0.15, 0.2) is 17.2 Å². The zero-order valence-corrected chi connectivity index (χ0v) is 18.3. The maximum Gasteiger partial charge on any atom is 0.336 e. The summed E-state index contributed by atoms with van der Waals surface area (Å²) in [5.41, 5.74) is -0.294. The fourth-order valence-corrected chi connectivity index (χ4v) is 3.37. The van der Waals surface area contributed by atoms with Gasteiger partial charge in [-0.15, -0.1) is 0 Å². The molecule has 0 heterocycles. The number of carboxylic acid groups (broad SMARTS) is 1. The van der Waals surface area contributed by atoms with Gasteiger partial charge in [0.25, 0.3) is 0 Å². The third-order valence-electron chi connectivity index (χ3n) is 4.09. The molecule has 2 aromatic rings. The summed E-state index contributed by atoms with van der Waals surface area (Å²) in [6, 6.07) is 5.89. The van der Waals surface area contributed by atoms with E-state index in [0.717, 1.165) is 0 Å². The van der Waals surface area contributed by atoms with Gasteiger partial charge < -0.3 is 24.1 Å². The highest BCUT2D eigenvalue weighted by molar-refractivity contribution is 9.10. The fraction of sp³-hybridized carbons (Fsp3) is 0.250. The highest BCUT2D eigenvalue weighted by atomic mass is 79.9. The molecule has 30 heavy (non-hydrogen) atoms. The topological polar surface area (TPSA) is 117 Å². The van der Waals surface area contributed by atoms with Gasteiger partial charge in [-0.05, 0) is 58.8 Å². The van der Waals surface area contributed by atoms with Crippen molar-refractivity contribution in [3.05, 3.63) is 50.0 Å². The first-order chi connectivity index (χ1) is 14.3. The minimum atomic E-state index is -1.28. The highest BCUT2D eigenvalue weighted by Gasteiger charge is 2.26. The van der Waals surface area contributed by atoms with E-state index in [0.29, 0.717) is 22.6 Å². The molecular formula is C20H20BrNO8. The monoisotopic (exact) mass is 481 g/mol. The lowest BCUT2D eigenvalue weighted by atomic mass is 10.0. The summed E-state index contributed by atoms with van der Waals surface area (Å²) in [4.78, 5) is 23.0. The van der Waals surface area contributed by atoms with Gasteiger partial charge in [0, 0.05) is 0 Å². The van der Waals surface area contributed by atoms with E-state index in [9.17, 15) is 20.0 Å². The standard InChI is InChI=1S/C20H20BrNO8/c1-5-30-18-14(21)9-12(10-16(18)28-3)13(20(23)24)8-11-6-7-15(27-2)19(29-4)17(11)22(25)26/h6-10H,5H2,1-4H3,(H,23,24)/b13-8+. The van der Waals surface area contributed by atoms with Gasteiger partial charge in [-0.2, -0.15) is 0 Å². The Morgan fingerprint density at radius 2 is 1.80 bits per heavy atom. The first-order valence-electron chi connectivity index (χ1n) is 8.64. The molecule has 0 atom stereocenters. The van der Waals surface area contributed by atoms with E-state index in [2.05, 4.69) is 15.9 Å². The Labute approximate surface area is 181 Å². The van der Waals surface area contributed by atoms with Crippen LogP contribution in [-0.2, 0) is 4.79 Å². The van der Waals surface area contributed by atoms with Crippen LogP contribution in [-0.4, -0.2) is 43.9 Å². The van der Waals surface area contributed by atoms with Gasteiger partial charge in [-0.1, -0.05) is 0 Å².